The molecule has 0 aliphatic carbocycles. The molecule has 1 atom stereocenters. The van der Waals surface area contributed by atoms with Crippen molar-refractivity contribution in [3.05, 3.63) is 0 Å². The average molecular weight is 320 g/mol. The summed E-state index contributed by atoms with van der Waals surface area (Å²) in [5, 5.41) is 3.40. The number of hydrogen-bond donors (Lipinski definition) is 2. The third-order valence-corrected chi connectivity index (χ3v) is 5.42. The molecule has 0 saturated carbocycles. The fourth-order valence-electron chi connectivity index (χ4n) is 2.54. The van der Waals surface area contributed by atoms with E-state index in [9.17, 15) is 8.42 Å². The molecule has 0 aromatic carbocycles. The quantitative estimate of drug-likeness (QED) is 0.672. The summed E-state index contributed by atoms with van der Waals surface area (Å²) in [6, 6.07) is 0. The van der Waals surface area contributed by atoms with Gasteiger partial charge in [0.25, 0.3) is 10.2 Å². The minimum absolute atomic E-state index is 0.150. The van der Waals surface area contributed by atoms with Crippen LogP contribution in [0.5, 0.6) is 0 Å². The van der Waals surface area contributed by atoms with E-state index < -0.39 is 10.2 Å². The second-order valence-electron chi connectivity index (χ2n) is 7.28. The van der Waals surface area contributed by atoms with E-state index in [2.05, 4.69) is 37.7 Å². The van der Waals surface area contributed by atoms with Gasteiger partial charge in [-0.2, -0.15) is 12.7 Å². The first kappa shape index (κ1) is 18.9. The highest BCUT2D eigenvalue weighted by Gasteiger charge is 2.28. The smallest absolute Gasteiger partial charge is 0.279 e. The van der Waals surface area contributed by atoms with Crippen LogP contribution < -0.4 is 10.0 Å². The molecule has 1 rings (SSSR count). The first-order valence-electron chi connectivity index (χ1n) is 8.20. The van der Waals surface area contributed by atoms with Crippen LogP contribution in [0.2, 0.25) is 0 Å². The molecule has 5 nitrogen and oxygen atoms in total. The van der Waals surface area contributed by atoms with Crippen LogP contribution in [-0.2, 0) is 10.2 Å². The lowest BCUT2D eigenvalue weighted by molar-refractivity contribution is 0.257. The Morgan fingerprint density at radius 2 is 1.95 bits per heavy atom. The normalized spacial score (nSPS) is 21.6. The summed E-state index contributed by atoms with van der Waals surface area (Å²) < 4.78 is 29.1. The molecule has 0 aromatic rings. The Bertz CT molecular complexity index is 390. The van der Waals surface area contributed by atoms with E-state index in [0.29, 0.717) is 25.6 Å². The van der Waals surface area contributed by atoms with E-state index in [0.717, 1.165) is 38.8 Å². The van der Waals surface area contributed by atoms with Crippen LogP contribution in [0.25, 0.3) is 0 Å². The van der Waals surface area contributed by atoms with Crippen molar-refractivity contribution in [2.24, 2.45) is 11.3 Å². The topological polar surface area (TPSA) is 61.4 Å². The number of nitrogens with zero attached hydrogens (tertiary/aromatic N) is 1. The van der Waals surface area contributed by atoms with Gasteiger partial charge in [0, 0.05) is 19.6 Å². The number of hydrogen-bond acceptors (Lipinski definition) is 3. The first-order valence-corrected chi connectivity index (χ1v) is 9.64. The van der Waals surface area contributed by atoms with Crippen LogP contribution in [0, 0.1) is 11.3 Å². The lowest BCUT2D eigenvalue weighted by Crippen LogP contribution is -2.48. The molecule has 1 saturated heterocycles. The molecule has 1 aliphatic heterocycles. The van der Waals surface area contributed by atoms with E-state index in [4.69, 9.17) is 0 Å². The van der Waals surface area contributed by atoms with Gasteiger partial charge in [0.15, 0.2) is 0 Å². The molecule has 0 aromatic heterocycles. The average Bonchev–Trinajstić information content (AvgIpc) is 2.37. The predicted molar refractivity (Wildman–Crippen MR) is 88.5 cm³/mol. The summed E-state index contributed by atoms with van der Waals surface area (Å²) in [5.74, 6) is 0.435. The van der Waals surface area contributed by atoms with Gasteiger partial charge < -0.3 is 5.32 Å². The van der Waals surface area contributed by atoms with E-state index in [1.165, 1.54) is 0 Å². The van der Waals surface area contributed by atoms with Gasteiger partial charge in [-0.25, -0.2) is 4.72 Å². The van der Waals surface area contributed by atoms with Crippen molar-refractivity contribution in [3.63, 3.8) is 0 Å². The summed E-state index contributed by atoms with van der Waals surface area (Å²) in [7, 11) is -3.31. The highest BCUT2D eigenvalue weighted by atomic mass is 32.2. The van der Waals surface area contributed by atoms with Gasteiger partial charge in [0.1, 0.15) is 0 Å². The van der Waals surface area contributed by atoms with Gasteiger partial charge in [-0.3, -0.25) is 0 Å². The molecular weight excluding hydrogens is 286 g/mol. The molecule has 1 aliphatic rings. The van der Waals surface area contributed by atoms with Crippen molar-refractivity contribution in [3.8, 4) is 0 Å². The van der Waals surface area contributed by atoms with E-state index in [1.54, 1.807) is 4.31 Å². The summed E-state index contributed by atoms with van der Waals surface area (Å²) in [4.78, 5) is 0. The second kappa shape index (κ2) is 8.46. The fourth-order valence-corrected chi connectivity index (χ4v) is 3.86. The van der Waals surface area contributed by atoms with Gasteiger partial charge in [-0.1, -0.05) is 27.7 Å². The van der Waals surface area contributed by atoms with Crippen molar-refractivity contribution in [1.29, 1.82) is 0 Å². The Labute approximate surface area is 131 Å². The van der Waals surface area contributed by atoms with Gasteiger partial charge in [0.2, 0.25) is 0 Å². The van der Waals surface area contributed by atoms with Gasteiger partial charge in [0.05, 0.1) is 0 Å². The highest BCUT2D eigenvalue weighted by Crippen LogP contribution is 2.20. The van der Waals surface area contributed by atoms with Crippen molar-refractivity contribution in [2.45, 2.75) is 53.4 Å². The summed E-state index contributed by atoms with van der Waals surface area (Å²) in [5.41, 5.74) is 0.150. The van der Waals surface area contributed by atoms with E-state index in [-0.39, 0.29) is 5.41 Å². The SMILES string of the molecule is CCCNCC1CCCN(S(=O)(=O)NCCC(C)(C)C)C1. The van der Waals surface area contributed by atoms with E-state index in [1.807, 2.05) is 0 Å². The maximum absolute atomic E-state index is 12.3. The molecule has 1 unspecified atom stereocenters. The molecule has 126 valence electrons. The van der Waals surface area contributed by atoms with Crippen molar-refractivity contribution in [1.82, 2.24) is 14.3 Å². The largest absolute Gasteiger partial charge is 0.316 e. The minimum Gasteiger partial charge on any atom is -0.316 e. The lowest BCUT2D eigenvalue weighted by Gasteiger charge is -2.32. The maximum atomic E-state index is 12.3. The highest BCUT2D eigenvalue weighted by molar-refractivity contribution is 7.87. The Morgan fingerprint density at radius 1 is 1.24 bits per heavy atom. The number of piperidine rings is 1. The Kier molecular flexibility index (Phi) is 7.60. The summed E-state index contributed by atoms with van der Waals surface area (Å²) in [6.07, 6.45) is 4.04. The van der Waals surface area contributed by atoms with Crippen LogP contribution in [0.15, 0.2) is 0 Å². The Hall–Kier alpha value is -0.170. The van der Waals surface area contributed by atoms with Gasteiger partial charge >= 0.3 is 0 Å². The zero-order chi connectivity index (χ0) is 15.9. The Balaban J connectivity index is 2.42. The van der Waals surface area contributed by atoms with Crippen LogP contribution >= 0.6 is 0 Å². The predicted octanol–water partition coefficient (Wildman–Crippen LogP) is 1.97. The number of rotatable bonds is 8. The molecule has 0 amide bonds. The third kappa shape index (κ3) is 7.58. The minimum atomic E-state index is -3.31. The third-order valence-electron chi connectivity index (χ3n) is 3.84. The maximum Gasteiger partial charge on any atom is 0.279 e. The van der Waals surface area contributed by atoms with Crippen LogP contribution in [0.3, 0.4) is 0 Å². The molecular formula is C15H33N3O2S. The molecule has 0 bridgehead atoms. The van der Waals surface area contributed by atoms with Crippen LogP contribution in [0.1, 0.15) is 53.4 Å². The van der Waals surface area contributed by atoms with Crippen molar-refractivity contribution in [2.75, 3.05) is 32.7 Å². The summed E-state index contributed by atoms with van der Waals surface area (Å²) in [6.45, 7) is 12.2. The zero-order valence-corrected chi connectivity index (χ0v) is 14.9. The first-order chi connectivity index (χ1) is 9.74. The number of nitrogens with one attached hydrogen (secondary N) is 2. The lowest BCUT2D eigenvalue weighted by atomic mass is 9.93. The monoisotopic (exact) mass is 319 g/mol. The molecule has 21 heavy (non-hydrogen) atoms. The molecule has 1 fully saturated rings. The Morgan fingerprint density at radius 3 is 2.57 bits per heavy atom. The fraction of sp³-hybridized carbons (Fsp3) is 1.00. The molecule has 1 heterocycles. The van der Waals surface area contributed by atoms with Crippen molar-refractivity contribution < 1.29 is 8.42 Å². The second-order valence-corrected chi connectivity index (χ2v) is 9.04. The van der Waals surface area contributed by atoms with E-state index >= 15 is 0 Å². The van der Waals surface area contributed by atoms with Crippen LogP contribution in [0.4, 0.5) is 0 Å². The molecule has 2 N–H and O–H groups in total. The van der Waals surface area contributed by atoms with Gasteiger partial charge in [-0.15, -0.1) is 0 Å². The molecule has 6 heteroatoms. The van der Waals surface area contributed by atoms with Crippen molar-refractivity contribution >= 4 is 10.2 Å². The summed E-state index contributed by atoms with van der Waals surface area (Å²) >= 11 is 0. The molecule has 0 spiro atoms. The standard InChI is InChI=1S/C15H33N3O2S/c1-5-9-16-12-14-7-6-11-18(13-14)21(19,20)17-10-8-15(2,3)4/h14,16-17H,5-13H2,1-4H3. The van der Waals surface area contributed by atoms with Gasteiger partial charge in [-0.05, 0) is 50.1 Å². The molecule has 0 radical (unpaired) electrons. The zero-order valence-electron chi connectivity index (χ0n) is 14.1. The van der Waals surface area contributed by atoms with Crippen LogP contribution in [-0.4, -0.2) is 45.4 Å².